The SMILES string of the molecule is COc1ccc([C@@H](C#N)NP2(=O)N(Cc3cccc4ccccc34)CCN2Cc2cccc3ccccc23)cc1. The lowest BCUT2D eigenvalue weighted by Gasteiger charge is -2.33. The minimum absolute atomic E-state index is 0.512. The molecule has 0 unspecified atom stereocenters. The number of nitrogens with zero attached hydrogens (tertiary/aromatic N) is 3. The highest BCUT2D eigenvalue weighted by Gasteiger charge is 2.44. The van der Waals surface area contributed by atoms with Crippen LogP contribution >= 0.6 is 7.59 Å². The molecule has 1 heterocycles. The molecule has 0 bridgehead atoms. The van der Waals surface area contributed by atoms with E-state index in [0.29, 0.717) is 31.9 Å². The first-order valence-electron chi connectivity index (χ1n) is 13.4. The highest BCUT2D eigenvalue weighted by atomic mass is 31.2. The Labute approximate surface area is 234 Å². The van der Waals surface area contributed by atoms with Gasteiger partial charge in [0.15, 0.2) is 0 Å². The Hall–Kier alpha value is -3.98. The van der Waals surface area contributed by atoms with Gasteiger partial charge in [-0.1, -0.05) is 97.1 Å². The third-order valence-electron chi connectivity index (χ3n) is 7.72. The molecule has 0 radical (unpaired) electrons. The molecule has 5 aromatic rings. The monoisotopic (exact) mass is 546 g/mol. The fourth-order valence-electron chi connectivity index (χ4n) is 5.59. The fraction of sp³-hybridized carbons (Fsp3) is 0.182. The van der Waals surface area contributed by atoms with Gasteiger partial charge in [0.25, 0.3) is 7.59 Å². The normalized spacial score (nSPS) is 16.2. The standard InChI is InChI=1S/C33H31N4O2P/c1-39-30-18-16-27(17-19-30)33(22-34)35-40(38)36(23-28-12-6-10-25-8-2-4-14-31(25)28)20-21-37(40)24-29-13-7-11-26-9-3-5-15-32(26)29/h2-19,33H,20-21,23-24H2,1H3,(H,35,38)/t33-/m1/s1. The smallest absolute Gasteiger partial charge is 0.286 e. The number of nitriles is 1. The first kappa shape index (κ1) is 26.3. The number of hydrogen-bond acceptors (Lipinski definition) is 3. The molecule has 1 atom stereocenters. The Balaban J connectivity index is 1.37. The van der Waals surface area contributed by atoms with Crippen molar-refractivity contribution in [3.05, 3.63) is 126 Å². The minimum Gasteiger partial charge on any atom is -0.497 e. The van der Waals surface area contributed by atoms with Gasteiger partial charge >= 0.3 is 0 Å². The van der Waals surface area contributed by atoms with E-state index in [9.17, 15) is 5.26 Å². The molecule has 0 spiro atoms. The largest absolute Gasteiger partial charge is 0.497 e. The topological polar surface area (TPSA) is 68.6 Å². The van der Waals surface area contributed by atoms with Crippen LogP contribution in [0.1, 0.15) is 22.7 Å². The lowest BCUT2D eigenvalue weighted by atomic mass is 10.0. The Morgan fingerprint density at radius 1 is 0.775 bits per heavy atom. The molecule has 1 aliphatic heterocycles. The quantitative estimate of drug-likeness (QED) is 0.206. The van der Waals surface area contributed by atoms with Crippen molar-refractivity contribution in [1.82, 2.24) is 14.4 Å². The number of rotatable bonds is 8. The number of hydrogen-bond donors (Lipinski definition) is 1. The van der Waals surface area contributed by atoms with E-state index < -0.39 is 13.6 Å². The van der Waals surface area contributed by atoms with Crippen LogP contribution in [0.4, 0.5) is 0 Å². The second-order valence-corrected chi connectivity index (χ2v) is 12.5. The van der Waals surface area contributed by atoms with Gasteiger partial charge in [-0.05, 0) is 50.4 Å². The second kappa shape index (κ2) is 11.3. The van der Waals surface area contributed by atoms with E-state index in [0.717, 1.165) is 38.2 Å². The Morgan fingerprint density at radius 3 is 1.77 bits per heavy atom. The molecule has 0 saturated carbocycles. The third-order valence-corrected chi connectivity index (χ3v) is 10.5. The summed E-state index contributed by atoms with van der Waals surface area (Å²) in [6, 6.07) is 38.0. The molecule has 1 aliphatic rings. The van der Waals surface area contributed by atoms with Gasteiger partial charge in [0, 0.05) is 26.2 Å². The highest BCUT2D eigenvalue weighted by molar-refractivity contribution is 7.57. The Morgan fingerprint density at radius 2 is 1.27 bits per heavy atom. The van der Waals surface area contributed by atoms with Crippen molar-refractivity contribution in [2.24, 2.45) is 0 Å². The summed E-state index contributed by atoms with van der Waals surface area (Å²) in [5, 5.41) is 18.2. The minimum atomic E-state index is -3.37. The van der Waals surface area contributed by atoms with Gasteiger partial charge in [0.1, 0.15) is 11.8 Å². The zero-order chi connectivity index (χ0) is 27.5. The van der Waals surface area contributed by atoms with E-state index in [1.807, 2.05) is 57.9 Å². The summed E-state index contributed by atoms with van der Waals surface area (Å²) in [5.41, 5.74) is 2.98. The maximum Gasteiger partial charge on any atom is 0.286 e. The number of nitrogens with one attached hydrogen (secondary N) is 1. The molecule has 5 aromatic carbocycles. The van der Waals surface area contributed by atoms with Gasteiger partial charge in [0.05, 0.1) is 13.2 Å². The molecular weight excluding hydrogens is 515 g/mol. The zero-order valence-electron chi connectivity index (χ0n) is 22.4. The molecule has 200 valence electrons. The Bertz CT molecular complexity index is 1640. The Kier molecular flexibility index (Phi) is 7.38. The van der Waals surface area contributed by atoms with Gasteiger partial charge in [-0.3, -0.25) is 4.57 Å². The summed E-state index contributed by atoms with van der Waals surface area (Å²) in [5.74, 6) is 0.711. The number of methoxy groups -OCH3 is 1. The number of ether oxygens (including phenoxy) is 1. The van der Waals surface area contributed by atoms with Crippen molar-refractivity contribution < 1.29 is 9.30 Å². The molecule has 0 aliphatic carbocycles. The molecule has 1 fully saturated rings. The maximum absolute atomic E-state index is 15.2. The zero-order valence-corrected chi connectivity index (χ0v) is 23.3. The second-order valence-electron chi connectivity index (χ2n) is 10.1. The molecule has 1 saturated heterocycles. The lowest BCUT2D eigenvalue weighted by Crippen LogP contribution is -2.31. The summed E-state index contributed by atoms with van der Waals surface area (Å²) in [4.78, 5) is 0. The van der Waals surface area contributed by atoms with E-state index in [1.54, 1.807) is 7.11 Å². The van der Waals surface area contributed by atoms with Crippen LogP contribution in [0.5, 0.6) is 5.75 Å². The summed E-state index contributed by atoms with van der Waals surface area (Å²) < 4.78 is 24.6. The first-order chi connectivity index (χ1) is 19.6. The van der Waals surface area contributed by atoms with Crippen LogP contribution in [0.2, 0.25) is 0 Å². The van der Waals surface area contributed by atoms with E-state index in [1.165, 1.54) is 0 Å². The van der Waals surface area contributed by atoms with Crippen molar-refractivity contribution in [2.75, 3.05) is 20.2 Å². The summed E-state index contributed by atoms with van der Waals surface area (Å²) in [6.07, 6.45) is 0. The molecule has 0 amide bonds. The van der Waals surface area contributed by atoms with Crippen molar-refractivity contribution in [2.45, 2.75) is 19.1 Å². The molecule has 40 heavy (non-hydrogen) atoms. The van der Waals surface area contributed by atoms with Gasteiger partial charge in [0.2, 0.25) is 0 Å². The third kappa shape index (κ3) is 5.01. The van der Waals surface area contributed by atoms with Crippen LogP contribution < -0.4 is 9.82 Å². The van der Waals surface area contributed by atoms with Crippen LogP contribution in [0.15, 0.2) is 109 Å². The number of fused-ring (bicyclic) bond motifs is 2. The van der Waals surface area contributed by atoms with E-state index in [2.05, 4.69) is 71.8 Å². The molecular formula is C33H31N4O2P. The van der Waals surface area contributed by atoms with Gasteiger partial charge in [-0.25, -0.2) is 14.4 Å². The molecule has 6 nitrogen and oxygen atoms in total. The van der Waals surface area contributed by atoms with Crippen molar-refractivity contribution in [3.8, 4) is 11.8 Å². The molecule has 7 heteroatoms. The highest BCUT2D eigenvalue weighted by Crippen LogP contribution is 2.56. The van der Waals surface area contributed by atoms with Crippen LogP contribution in [0.25, 0.3) is 21.5 Å². The van der Waals surface area contributed by atoms with E-state index >= 15 is 4.57 Å². The van der Waals surface area contributed by atoms with Gasteiger partial charge in [-0.15, -0.1) is 0 Å². The van der Waals surface area contributed by atoms with Gasteiger partial charge < -0.3 is 4.74 Å². The average Bonchev–Trinajstić information content (AvgIpc) is 3.30. The van der Waals surface area contributed by atoms with E-state index in [4.69, 9.17) is 4.74 Å². The van der Waals surface area contributed by atoms with Crippen molar-refractivity contribution in [3.63, 3.8) is 0 Å². The lowest BCUT2D eigenvalue weighted by molar-refractivity contribution is 0.413. The average molecular weight is 547 g/mol. The maximum atomic E-state index is 15.2. The van der Waals surface area contributed by atoms with Crippen LogP contribution in [0.3, 0.4) is 0 Å². The molecule has 0 aromatic heterocycles. The van der Waals surface area contributed by atoms with E-state index in [-0.39, 0.29) is 0 Å². The molecule has 6 rings (SSSR count). The van der Waals surface area contributed by atoms with Crippen LogP contribution in [-0.4, -0.2) is 29.5 Å². The van der Waals surface area contributed by atoms with Crippen LogP contribution in [0, 0.1) is 11.3 Å². The summed E-state index contributed by atoms with van der Waals surface area (Å²) >= 11 is 0. The predicted molar refractivity (Wildman–Crippen MR) is 161 cm³/mol. The summed E-state index contributed by atoms with van der Waals surface area (Å²) in [6.45, 7) is 2.27. The van der Waals surface area contributed by atoms with Crippen molar-refractivity contribution in [1.29, 1.82) is 5.26 Å². The van der Waals surface area contributed by atoms with Crippen LogP contribution in [-0.2, 0) is 17.7 Å². The van der Waals surface area contributed by atoms with Gasteiger partial charge in [-0.2, -0.15) is 5.26 Å². The van der Waals surface area contributed by atoms with Crippen molar-refractivity contribution >= 4 is 29.1 Å². The predicted octanol–water partition coefficient (Wildman–Crippen LogP) is 7.28. The fourth-order valence-corrected chi connectivity index (χ4v) is 8.23. The molecule has 1 N–H and O–H groups in total. The summed E-state index contributed by atoms with van der Waals surface area (Å²) in [7, 11) is -1.76. The number of benzene rings is 5. The first-order valence-corrected chi connectivity index (χ1v) is 15.1.